The van der Waals surface area contributed by atoms with Crippen molar-refractivity contribution in [1.82, 2.24) is 0 Å². The van der Waals surface area contributed by atoms with Crippen LogP contribution in [0.5, 0.6) is 0 Å². The van der Waals surface area contributed by atoms with Crippen LogP contribution in [0.4, 0.5) is 17.6 Å². The van der Waals surface area contributed by atoms with E-state index in [0.29, 0.717) is 18.2 Å². The van der Waals surface area contributed by atoms with E-state index in [4.69, 9.17) is 9.47 Å². The van der Waals surface area contributed by atoms with Gasteiger partial charge in [-0.2, -0.15) is 13.2 Å². The zero-order chi connectivity index (χ0) is 13.3. The number of alkyl halides is 3. The number of carbonyl (C=O) groups excluding carboxylic acids is 1. The molecule has 7 heteroatoms. The molecule has 2 rings (SSSR count). The van der Waals surface area contributed by atoms with Crippen molar-refractivity contribution in [3.05, 3.63) is 35.1 Å². The molecule has 1 saturated heterocycles. The largest absolute Gasteiger partial charge is 0.454 e. The lowest BCUT2D eigenvalue weighted by Crippen LogP contribution is -2.38. The Morgan fingerprint density at radius 1 is 1.33 bits per heavy atom. The highest BCUT2D eigenvalue weighted by Crippen LogP contribution is 2.30. The summed E-state index contributed by atoms with van der Waals surface area (Å²) in [7, 11) is 0. The maximum Gasteiger partial charge on any atom is 0.416 e. The minimum absolute atomic E-state index is 0.173. The molecule has 0 N–H and O–H groups in total. The fourth-order valence-electron chi connectivity index (χ4n) is 1.36. The second kappa shape index (κ2) is 4.56. The molecule has 0 radical (unpaired) electrons. The van der Waals surface area contributed by atoms with E-state index in [2.05, 4.69) is 0 Å². The first-order valence-corrected chi connectivity index (χ1v) is 5.03. The molecule has 98 valence electrons. The Morgan fingerprint density at radius 3 is 2.50 bits per heavy atom. The fraction of sp³-hybridized carbons (Fsp3) is 0.364. The molecule has 0 saturated carbocycles. The second-order valence-electron chi connectivity index (χ2n) is 3.76. The van der Waals surface area contributed by atoms with Gasteiger partial charge in [0, 0.05) is 0 Å². The van der Waals surface area contributed by atoms with Crippen LogP contribution < -0.4 is 0 Å². The Kier molecular flexibility index (Phi) is 3.25. The molecule has 0 bridgehead atoms. The van der Waals surface area contributed by atoms with Gasteiger partial charge in [0.15, 0.2) is 0 Å². The van der Waals surface area contributed by atoms with Crippen molar-refractivity contribution in [2.45, 2.75) is 12.3 Å². The number of rotatable bonds is 2. The summed E-state index contributed by atoms with van der Waals surface area (Å²) in [5.74, 6) is -2.17. The number of hydrogen-bond donors (Lipinski definition) is 0. The third-order valence-corrected chi connectivity index (χ3v) is 2.39. The van der Waals surface area contributed by atoms with Crippen molar-refractivity contribution in [3.63, 3.8) is 0 Å². The number of carbonyl (C=O) groups is 1. The van der Waals surface area contributed by atoms with Gasteiger partial charge >= 0.3 is 12.1 Å². The molecule has 0 unspecified atom stereocenters. The Bertz CT molecular complexity index is 466. The molecule has 1 heterocycles. The Hall–Kier alpha value is -1.63. The summed E-state index contributed by atoms with van der Waals surface area (Å²) >= 11 is 0. The quantitative estimate of drug-likeness (QED) is 0.607. The van der Waals surface area contributed by atoms with E-state index in [9.17, 15) is 22.4 Å². The molecule has 0 amide bonds. The van der Waals surface area contributed by atoms with Crippen molar-refractivity contribution in [2.75, 3.05) is 13.2 Å². The lowest BCUT2D eigenvalue weighted by molar-refractivity contribution is -0.137. The van der Waals surface area contributed by atoms with Gasteiger partial charge in [0.05, 0.1) is 24.3 Å². The Labute approximate surface area is 99.3 Å². The van der Waals surface area contributed by atoms with Gasteiger partial charge in [-0.25, -0.2) is 9.18 Å². The number of hydrogen-bond acceptors (Lipinski definition) is 3. The summed E-state index contributed by atoms with van der Waals surface area (Å²) < 4.78 is 60.0. The standard InChI is InChI=1S/C11H8F4O3/c12-9-2-1-6(11(13,14)15)3-8(9)10(16)18-7-4-17-5-7/h1-3,7H,4-5H2. The number of esters is 1. The molecule has 1 aliphatic heterocycles. The van der Waals surface area contributed by atoms with Gasteiger partial charge in [0.25, 0.3) is 0 Å². The van der Waals surface area contributed by atoms with Gasteiger partial charge in [-0.05, 0) is 18.2 Å². The van der Waals surface area contributed by atoms with Gasteiger partial charge in [-0.3, -0.25) is 0 Å². The van der Waals surface area contributed by atoms with Crippen LogP contribution in [-0.4, -0.2) is 25.3 Å². The van der Waals surface area contributed by atoms with E-state index in [-0.39, 0.29) is 13.2 Å². The van der Waals surface area contributed by atoms with E-state index in [0.717, 1.165) is 0 Å². The lowest BCUT2D eigenvalue weighted by Gasteiger charge is -2.25. The predicted molar refractivity (Wildman–Crippen MR) is 51.4 cm³/mol. The van der Waals surface area contributed by atoms with E-state index in [1.807, 2.05) is 0 Å². The van der Waals surface area contributed by atoms with Crippen LogP contribution in [0.2, 0.25) is 0 Å². The monoisotopic (exact) mass is 264 g/mol. The molecule has 0 atom stereocenters. The maximum atomic E-state index is 13.3. The fourth-order valence-corrected chi connectivity index (χ4v) is 1.36. The molecule has 3 nitrogen and oxygen atoms in total. The lowest BCUT2D eigenvalue weighted by atomic mass is 10.1. The van der Waals surface area contributed by atoms with E-state index < -0.39 is 35.2 Å². The van der Waals surface area contributed by atoms with E-state index in [1.165, 1.54) is 0 Å². The molecular formula is C11H8F4O3. The van der Waals surface area contributed by atoms with Gasteiger partial charge in [-0.1, -0.05) is 0 Å². The Morgan fingerprint density at radius 2 is 2.00 bits per heavy atom. The molecule has 18 heavy (non-hydrogen) atoms. The first-order chi connectivity index (χ1) is 8.38. The molecule has 0 aliphatic carbocycles. The molecule has 0 aromatic heterocycles. The van der Waals surface area contributed by atoms with Gasteiger partial charge in [-0.15, -0.1) is 0 Å². The van der Waals surface area contributed by atoms with Crippen LogP contribution in [-0.2, 0) is 15.7 Å². The first-order valence-electron chi connectivity index (χ1n) is 5.03. The van der Waals surface area contributed by atoms with E-state index in [1.54, 1.807) is 0 Å². The van der Waals surface area contributed by atoms with Crippen molar-refractivity contribution >= 4 is 5.97 Å². The number of halogens is 4. The van der Waals surface area contributed by atoms with Crippen molar-refractivity contribution in [1.29, 1.82) is 0 Å². The highest BCUT2D eigenvalue weighted by Gasteiger charge is 2.33. The molecule has 1 fully saturated rings. The minimum Gasteiger partial charge on any atom is -0.454 e. The smallest absolute Gasteiger partial charge is 0.416 e. The third kappa shape index (κ3) is 2.61. The van der Waals surface area contributed by atoms with Gasteiger partial charge in [0.1, 0.15) is 11.9 Å². The Balaban J connectivity index is 2.22. The number of ether oxygens (including phenoxy) is 2. The van der Waals surface area contributed by atoms with Crippen LogP contribution >= 0.6 is 0 Å². The van der Waals surface area contributed by atoms with Crippen LogP contribution in [0.3, 0.4) is 0 Å². The highest BCUT2D eigenvalue weighted by molar-refractivity contribution is 5.90. The molecule has 1 aromatic carbocycles. The average molecular weight is 264 g/mol. The summed E-state index contributed by atoms with van der Waals surface area (Å²) in [5.41, 5.74) is -1.82. The summed E-state index contributed by atoms with van der Waals surface area (Å²) in [6, 6.07) is 1.60. The zero-order valence-corrected chi connectivity index (χ0v) is 8.96. The minimum atomic E-state index is -4.64. The van der Waals surface area contributed by atoms with Gasteiger partial charge in [0.2, 0.25) is 0 Å². The van der Waals surface area contributed by atoms with E-state index >= 15 is 0 Å². The van der Waals surface area contributed by atoms with Crippen molar-refractivity contribution in [2.24, 2.45) is 0 Å². The van der Waals surface area contributed by atoms with Crippen LogP contribution in [0, 0.1) is 5.82 Å². The first kappa shape index (κ1) is 12.8. The number of benzene rings is 1. The SMILES string of the molecule is O=C(OC1COC1)c1cc(C(F)(F)F)ccc1F. The second-order valence-corrected chi connectivity index (χ2v) is 3.76. The summed E-state index contributed by atoms with van der Waals surface area (Å²) in [4.78, 5) is 11.5. The summed E-state index contributed by atoms with van der Waals surface area (Å²) in [6.07, 6.45) is -5.16. The van der Waals surface area contributed by atoms with Crippen molar-refractivity contribution < 1.29 is 31.8 Å². The van der Waals surface area contributed by atoms with Gasteiger partial charge < -0.3 is 9.47 Å². The predicted octanol–water partition coefficient (Wildman–Crippen LogP) is 2.40. The van der Waals surface area contributed by atoms with Crippen LogP contribution in [0.1, 0.15) is 15.9 Å². The third-order valence-electron chi connectivity index (χ3n) is 2.39. The molecule has 1 aromatic rings. The maximum absolute atomic E-state index is 13.3. The molecular weight excluding hydrogens is 256 g/mol. The summed E-state index contributed by atoms with van der Waals surface area (Å²) in [6.45, 7) is 0.346. The van der Waals surface area contributed by atoms with Crippen LogP contribution in [0.15, 0.2) is 18.2 Å². The average Bonchev–Trinajstić information content (AvgIpc) is 2.22. The molecule has 0 spiro atoms. The summed E-state index contributed by atoms with van der Waals surface area (Å²) in [5, 5.41) is 0. The van der Waals surface area contributed by atoms with Crippen LogP contribution in [0.25, 0.3) is 0 Å². The topological polar surface area (TPSA) is 35.5 Å². The normalized spacial score (nSPS) is 16.2. The molecule has 1 aliphatic rings. The highest BCUT2D eigenvalue weighted by atomic mass is 19.4. The van der Waals surface area contributed by atoms with Crippen molar-refractivity contribution in [3.8, 4) is 0 Å². The zero-order valence-electron chi connectivity index (χ0n) is 8.96.